The highest BCUT2D eigenvalue weighted by atomic mass is 14.2. The molecule has 0 saturated heterocycles. The summed E-state index contributed by atoms with van der Waals surface area (Å²) in [5.41, 5.74) is 0. The van der Waals surface area contributed by atoms with Crippen molar-refractivity contribution in [1.82, 2.24) is 0 Å². The normalized spacial score (nSPS) is 12.1. The van der Waals surface area contributed by atoms with E-state index in [9.17, 15) is 0 Å². The standard InChI is InChI=1S/C30H16.C2H6/c1-3-9-19-17(7-1)21-11-5-13-23-26-16-28-20-10-4-2-8-18(20)22-12-6-14-24(30(22)28)25(26)15-27(19)29(21)23;1-2/h1-16H;1-2H3. The molecule has 0 aliphatic heterocycles. The number of fused-ring (bicyclic) bond motifs is 9. The monoisotopic (exact) mass is 406 g/mol. The van der Waals surface area contributed by atoms with Gasteiger partial charge in [-0.25, -0.2) is 0 Å². The van der Waals surface area contributed by atoms with Gasteiger partial charge in [-0.05, 0) is 87.5 Å². The molecule has 0 saturated carbocycles. The summed E-state index contributed by atoms with van der Waals surface area (Å²) in [6.07, 6.45) is 0. The maximum Gasteiger partial charge on any atom is -0.00199 e. The summed E-state index contributed by atoms with van der Waals surface area (Å²) in [5, 5.41) is 19.2. The van der Waals surface area contributed by atoms with E-state index in [2.05, 4.69) is 97.1 Å². The first-order valence-corrected chi connectivity index (χ1v) is 11.5. The van der Waals surface area contributed by atoms with Crippen molar-refractivity contribution < 1.29 is 0 Å². The van der Waals surface area contributed by atoms with Crippen LogP contribution < -0.4 is 0 Å². The van der Waals surface area contributed by atoms with Crippen molar-refractivity contribution in [3.63, 3.8) is 0 Å². The van der Waals surface area contributed by atoms with Crippen molar-refractivity contribution in [2.75, 3.05) is 0 Å². The third-order valence-electron chi connectivity index (χ3n) is 7.13. The fourth-order valence-electron chi connectivity index (χ4n) is 5.95. The highest BCUT2D eigenvalue weighted by Crippen LogP contribution is 2.46. The lowest BCUT2D eigenvalue weighted by Crippen LogP contribution is -1.82. The van der Waals surface area contributed by atoms with Gasteiger partial charge in [0.1, 0.15) is 0 Å². The zero-order valence-electron chi connectivity index (χ0n) is 18.2. The molecule has 0 aliphatic rings. The van der Waals surface area contributed by atoms with Crippen LogP contribution in [0.25, 0.3) is 75.4 Å². The largest absolute Gasteiger partial charge is 0.0683 e. The Kier molecular flexibility index (Phi) is 3.50. The van der Waals surface area contributed by atoms with Gasteiger partial charge >= 0.3 is 0 Å². The average Bonchev–Trinajstić information content (AvgIpc) is 3.37. The van der Waals surface area contributed by atoms with Gasteiger partial charge in [-0.2, -0.15) is 0 Å². The highest BCUT2D eigenvalue weighted by Gasteiger charge is 2.18. The molecule has 0 N–H and O–H groups in total. The smallest absolute Gasteiger partial charge is 0.00199 e. The van der Waals surface area contributed by atoms with Crippen LogP contribution in [-0.2, 0) is 0 Å². The Morgan fingerprint density at radius 1 is 0.281 bits per heavy atom. The van der Waals surface area contributed by atoms with E-state index in [0.29, 0.717) is 0 Å². The van der Waals surface area contributed by atoms with Crippen molar-refractivity contribution in [3.05, 3.63) is 97.1 Å². The van der Waals surface area contributed by atoms with Crippen LogP contribution in [0, 0.1) is 0 Å². The minimum absolute atomic E-state index is 1.36. The van der Waals surface area contributed by atoms with E-state index in [1.807, 2.05) is 13.8 Å². The molecule has 0 aromatic heterocycles. The first-order valence-electron chi connectivity index (χ1n) is 11.5. The van der Waals surface area contributed by atoms with Crippen LogP contribution in [0.5, 0.6) is 0 Å². The summed E-state index contributed by atoms with van der Waals surface area (Å²) in [5.74, 6) is 0. The summed E-state index contributed by atoms with van der Waals surface area (Å²) in [7, 11) is 0. The number of rotatable bonds is 0. The second kappa shape index (κ2) is 6.31. The lowest BCUT2D eigenvalue weighted by molar-refractivity contribution is 1.50. The molecule has 0 radical (unpaired) electrons. The highest BCUT2D eigenvalue weighted by molar-refractivity contribution is 6.40. The first kappa shape index (κ1) is 17.7. The van der Waals surface area contributed by atoms with E-state index in [1.54, 1.807) is 0 Å². The molecule has 0 spiro atoms. The van der Waals surface area contributed by atoms with Gasteiger partial charge in [0.25, 0.3) is 0 Å². The van der Waals surface area contributed by atoms with Crippen molar-refractivity contribution in [3.8, 4) is 0 Å². The Bertz CT molecular complexity index is 1790. The number of hydrogen-bond acceptors (Lipinski definition) is 0. The van der Waals surface area contributed by atoms with Gasteiger partial charge in [-0.1, -0.05) is 98.8 Å². The van der Waals surface area contributed by atoms with E-state index >= 15 is 0 Å². The number of hydrogen-bond donors (Lipinski definition) is 0. The van der Waals surface area contributed by atoms with E-state index in [-0.39, 0.29) is 0 Å². The van der Waals surface area contributed by atoms with Gasteiger partial charge in [-0.3, -0.25) is 0 Å². The Hall–Kier alpha value is -3.90. The predicted octanol–water partition coefficient (Wildman–Crippen LogP) is 9.66. The van der Waals surface area contributed by atoms with E-state index in [0.717, 1.165) is 0 Å². The molecule has 0 fully saturated rings. The molecule has 0 unspecified atom stereocenters. The molecule has 0 aliphatic carbocycles. The van der Waals surface area contributed by atoms with Crippen molar-refractivity contribution in [1.29, 1.82) is 0 Å². The third-order valence-corrected chi connectivity index (χ3v) is 7.13. The molecule has 8 rings (SSSR count). The van der Waals surface area contributed by atoms with Crippen LogP contribution in [0.15, 0.2) is 97.1 Å². The summed E-state index contributed by atoms with van der Waals surface area (Å²) >= 11 is 0. The topological polar surface area (TPSA) is 0 Å². The SMILES string of the molecule is CC.c1ccc2c(c1)c1cccc3c4cc5c6ccccc6c6cccc(c4cc2c13)c65. The molecule has 0 amide bonds. The Morgan fingerprint density at radius 2 is 0.562 bits per heavy atom. The minimum atomic E-state index is 1.36. The lowest BCUT2D eigenvalue weighted by atomic mass is 9.93. The number of benzene rings is 6. The van der Waals surface area contributed by atoms with Gasteiger partial charge in [0.2, 0.25) is 0 Å². The zero-order valence-corrected chi connectivity index (χ0v) is 18.2. The summed E-state index contributed by atoms with van der Waals surface area (Å²) < 4.78 is 0. The van der Waals surface area contributed by atoms with Crippen LogP contribution in [-0.4, -0.2) is 0 Å². The summed E-state index contributed by atoms with van der Waals surface area (Å²) in [6, 6.07) is 36.2. The molecule has 32 heavy (non-hydrogen) atoms. The molecule has 8 aromatic carbocycles. The predicted molar refractivity (Wildman–Crippen MR) is 143 cm³/mol. The Morgan fingerprint density at radius 3 is 0.938 bits per heavy atom. The van der Waals surface area contributed by atoms with Gasteiger partial charge in [0, 0.05) is 0 Å². The second-order valence-electron chi connectivity index (χ2n) is 8.49. The van der Waals surface area contributed by atoms with Gasteiger partial charge < -0.3 is 0 Å². The van der Waals surface area contributed by atoms with Crippen LogP contribution in [0.1, 0.15) is 13.8 Å². The van der Waals surface area contributed by atoms with Crippen LogP contribution in [0.2, 0.25) is 0 Å². The maximum absolute atomic E-state index is 2.44. The van der Waals surface area contributed by atoms with Crippen molar-refractivity contribution >= 4 is 75.4 Å². The Labute approximate surface area is 186 Å². The molecule has 8 aromatic rings. The average molecular weight is 407 g/mol. The van der Waals surface area contributed by atoms with Gasteiger partial charge in [-0.15, -0.1) is 0 Å². The second-order valence-corrected chi connectivity index (χ2v) is 8.49. The molecule has 150 valence electrons. The zero-order chi connectivity index (χ0) is 21.4. The lowest BCUT2D eigenvalue weighted by Gasteiger charge is -2.10. The van der Waals surface area contributed by atoms with Crippen LogP contribution >= 0.6 is 0 Å². The molecular weight excluding hydrogens is 384 g/mol. The summed E-state index contributed by atoms with van der Waals surface area (Å²) in [4.78, 5) is 0. The van der Waals surface area contributed by atoms with Crippen molar-refractivity contribution in [2.24, 2.45) is 0 Å². The summed E-state index contributed by atoms with van der Waals surface area (Å²) in [6.45, 7) is 4.00. The quantitative estimate of drug-likeness (QED) is 0.220. The molecule has 0 atom stereocenters. The van der Waals surface area contributed by atoms with Crippen LogP contribution in [0.3, 0.4) is 0 Å². The molecular formula is C32H22. The molecule has 0 heteroatoms. The van der Waals surface area contributed by atoms with E-state index in [1.165, 1.54) is 75.4 Å². The van der Waals surface area contributed by atoms with Crippen LogP contribution in [0.4, 0.5) is 0 Å². The third kappa shape index (κ3) is 2.03. The fraction of sp³-hybridized carbons (Fsp3) is 0.0625. The Balaban J connectivity index is 0.000000880. The first-order chi connectivity index (χ1) is 15.9. The van der Waals surface area contributed by atoms with Gasteiger partial charge in [0.15, 0.2) is 0 Å². The van der Waals surface area contributed by atoms with Gasteiger partial charge in [0.05, 0.1) is 0 Å². The maximum atomic E-state index is 2.44. The van der Waals surface area contributed by atoms with Crippen molar-refractivity contribution in [2.45, 2.75) is 13.8 Å². The molecule has 0 bridgehead atoms. The van der Waals surface area contributed by atoms with E-state index in [4.69, 9.17) is 0 Å². The molecule has 0 nitrogen and oxygen atoms in total. The molecule has 0 heterocycles. The van der Waals surface area contributed by atoms with E-state index < -0.39 is 0 Å². The minimum Gasteiger partial charge on any atom is -0.0683 e. The fourth-order valence-corrected chi connectivity index (χ4v) is 5.95.